The molecule has 0 unspecified atom stereocenters. The molecule has 0 aromatic heterocycles. The Bertz CT molecular complexity index is 426. The predicted octanol–water partition coefficient (Wildman–Crippen LogP) is -0.276. The first-order valence-corrected chi connectivity index (χ1v) is 7.33. The zero-order valence-electron chi connectivity index (χ0n) is 10.1. The van der Waals surface area contributed by atoms with Crippen LogP contribution in [0.15, 0.2) is 0 Å². The van der Waals surface area contributed by atoms with Gasteiger partial charge in [-0.05, 0) is 19.8 Å². The van der Waals surface area contributed by atoms with Gasteiger partial charge in [0.05, 0.1) is 24.2 Å². The normalized spacial score (nSPS) is 17.2. The van der Waals surface area contributed by atoms with Crippen molar-refractivity contribution in [3.63, 3.8) is 0 Å². The van der Waals surface area contributed by atoms with Crippen LogP contribution in [0.25, 0.3) is 0 Å². The van der Waals surface area contributed by atoms with Crippen molar-refractivity contribution in [3.05, 3.63) is 0 Å². The zero-order chi connectivity index (χ0) is 13.8. The standard InChI is InChI=1S/C10H17NO6S/c1-2-17-8(12)3-6-18(15,16)11-7-10(4-5-10)9(13)14/h11H,2-7H2,1H3,(H,13,14). The lowest BCUT2D eigenvalue weighted by Gasteiger charge is -2.11. The Hall–Kier alpha value is -1.15. The molecule has 0 aromatic carbocycles. The summed E-state index contributed by atoms with van der Waals surface area (Å²) in [7, 11) is -3.64. The zero-order valence-corrected chi connectivity index (χ0v) is 11.0. The van der Waals surface area contributed by atoms with Crippen molar-refractivity contribution in [2.75, 3.05) is 18.9 Å². The van der Waals surface area contributed by atoms with Crippen molar-refractivity contribution in [1.82, 2.24) is 4.72 Å². The average molecular weight is 279 g/mol. The Labute approximate surface area is 106 Å². The third kappa shape index (κ3) is 4.26. The summed E-state index contributed by atoms with van der Waals surface area (Å²) in [6.45, 7) is 1.72. The number of rotatable bonds is 8. The molecule has 1 rings (SSSR count). The van der Waals surface area contributed by atoms with Gasteiger partial charge in [0.2, 0.25) is 10.0 Å². The number of carboxylic acid groups (broad SMARTS) is 1. The summed E-state index contributed by atoms with van der Waals surface area (Å²) >= 11 is 0. The van der Waals surface area contributed by atoms with Crippen molar-refractivity contribution < 1.29 is 27.9 Å². The van der Waals surface area contributed by atoms with E-state index in [0.29, 0.717) is 12.8 Å². The van der Waals surface area contributed by atoms with Gasteiger partial charge in [-0.3, -0.25) is 9.59 Å². The molecular weight excluding hydrogens is 262 g/mol. The van der Waals surface area contributed by atoms with E-state index < -0.39 is 27.4 Å². The minimum absolute atomic E-state index is 0.118. The maximum absolute atomic E-state index is 11.5. The van der Waals surface area contributed by atoms with Crippen LogP contribution in [-0.4, -0.2) is 44.4 Å². The van der Waals surface area contributed by atoms with Crippen molar-refractivity contribution in [2.45, 2.75) is 26.2 Å². The topological polar surface area (TPSA) is 110 Å². The molecule has 1 fully saturated rings. The van der Waals surface area contributed by atoms with E-state index in [9.17, 15) is 18.0 Å². The number of sulfonamides is 1. The van der Waals surface area contributed by atoms with Crippen LogP contribution in [0, 0.1) is 5.41 Å². The molecule has 0 heterocycles. The number of esters is 1. The highest BCUT2D eigenvalue weighted by Crippen LogP contribution is 2.45. The number of carboxylic acids is 1. The molecule has 0 atom stereocenters. The van der Waals surface area contributed by atoms with Crippen LogP contribution in [0.5, 0.6) is 0 Å². The summed E-state index contributed by atoms with van der Waals surface area (Å²) in [5.74, 6) is -1.96. The van der Waals surface area contributed by atoms with Crippen LogP contribution in [0.2, 0.25) is 0 Å². The highest BCUT2D eigenvalue weighted by molar-refractivity contribution is 7.89. The smallest absolute Gasteiger partial charge is 0.310 e. The summed E-state index contributed by atoms with van der Waals surface area (Å²) in [5.41, 5.74) is -0.947. The number of hydrogen-bond acceptors (Lipinski definition) is 5. The van der Waals surface area contributed by atoms with E-state index in [4.69, 9.17) is 5.11 Å². The molecule has 2 N–H and O–H groups in total. The van der Waals surface area contributed by atoms with Crippen molar-refractivity contribution in [3.8, 4) is 0 Å². The first kappa shape index (κ1) is 14.9. The van der Waals surface area contributed by atoms with E-state index in [0.717, 1.165) is 0 Å². The average Bonchev–Trinajstić information content (AvgIpc) is 3.06. The summed E-state index contributed by atoms with van der Waals surface area (Å²) in [6.07, 6.45) is 0.717. The van der Waals surface area contributed by atoms with Crippen LogP contribution in [0.4, 0.5) is 0 Å². The van der Waals surface area contributed by atoms with Crippen molar-refractivity contribution in [1.29, 1.82) is 0 Å². The van der Waals surface area contributed by atoms with Crippen LogP contribution >= 0.6 is 0 Å². The second kappa shape index (κ2) is 5.66. The molecule has 1 aliphatic rings. The molecule has 1 saturated carbocycles. The summed E-state index contributed by atoms with van der Waals surface area (Å²) < 4.78 is 29.9. The molecule has 104 valence electrons. The SMILES string of the molecule is CCOC(=O)CCS(=O)(=O)NCC1(C(=O)O)CC1. The highest BCUT2D eigenvalue weighted by Gasteiger charge is 2.50. The maximum Gasteiger partial charge on any atom is 0.310 e. The second-order valence-corrected chi connectivity index (χ2v) is 6.21. The van der Waals surface area contributed by atoms with E-state index >= 15 is 0 Å². The predicted molar refractivity (Wildman–Crippen MR) is 62.3 cm³/mol. The van der Waals surface area contributed by atoms with Crippen LogP contribution in [-0.2, 0) is 24.3 Å². The van der Waals surface area contributed by atoms with Gasteiger partial charge in [-0.2, -0.15) is 0 Å². The first-order chi connectivity index (χ1) is 8.31. The van der Waals surface area contributed by atoms with Crippen LogP contribution in [0.3, 0.4) is 0 Å². The van der Waals surface area contributed by atoms with Crippen LogP contribution < -0.4 is 4.72 Å². The number of nitrogens with one attached hydrogen (secondary N) is 1. The number of carbonyl (C=O) groups is 2. The molecule has 7 nitrogen and oxygen atoms in total. The second-order valence-electron chi connectivity index (χ2n) is 4.28. The quantitative estimate of drug-likeness (QED) is 0.591. The minimum atomic E-state index is -3.64. The Morgan fingerprint density at radius 2 is 2.00 bits per heavy atom. The fourth-order valence-corrected chi connectivity index (χ4v) is 2.46. The number of ether oxygens (including phenoxy) is 1. The van der Waals surface area contributed by atoms with Crippen molar-refractivity contribution in [2.24, 2.45) is 5.41 Å². The molecule has 0 radical (unpaired) electrons. The third-order valence-corrected chi connectivity index (χ3v) is 4.14. The maximum atomic E-state index is 11.5. The van der Waals surface area contributed by atoms with E-state index in [-0.39, 0.29) is 25.3 Å². The van der Waals surface area contributed by atoms with Gasteiger partial charge in [-0.25, -0.2) is 13.1 Å². The third-order valence-electron chi connectivity index (χ3n) is 2.82. The van der Waals surface area contributed by atoms with Gasteiger partial charge < -0.3 is 9.84 Å². The molecule has 18 heavy (non-hydrogen) atoms. The number of aliphatic carboxylic acids is 1. The Balaban J connectivity index is 2.37. The Morgan fingerprint density at radius 1 is 1.39 bits per heavy atom. The van der Waals surface area contributed by atoms with Gasteiger partial charge in [0.25, 0.3) is 0 Å². The van der Waals surface area contributed by atoms with E-state index in [1.54, 1.807) is 6.92 Å². The van der Waals surface area contributed by atoms with Gasteiger partial charge in [0, 0.05) is 6.54 Å². The fourth-order valence-electron chi connectivity index (χ4n) is 1.39. The van der Waals surface area contributed by atoms with Gasteiger partial charge in [0.1, 0.15) is 0 Å². The van der Waals surface area contributed by atoms with Crippen LogP contribution in [0.1, 0.15) is 26.2 Å². The molecule has 8 heteroatoms. The van der Waals surface area contributed by atoms with Gasteiger partial charge in [-0.1, -0.05) is 0 Å². The van der Waals surface area contributed by atoms with Gasteiger partial charge >= 0.3 is 11.9 Å². The van der Waals surface area contributed by atoms with Gasteiger partial charge in [0.15, 0.2) is 0 Å². The molecule has 0 aromatic rings. The molecule has 0 amide bonds. The lowest BCUT2D eigenvalue weighted by molar-refractivity contribution is -0.143. The van der Waals surface area contributed by atoms with Gasteiger partial charge in [-0.15, -0.1) is 0 Å². The molecule has 0 spiro atoms. The minimum Gasteiger partial charge on any atom is -0.481 e. The Morgan fingerprint density at radius 3 is 2.44 bits per heavy atom. The molecule has 0 saturated heterocycles. The Kier molecular flexibility index (Phi) is 4.69. The largest absolute Gasteiger partial charge is 0.481 e. The molecule has 1 aliphatic carbocycles. The molecule has 0 aliphatic heterocycles. The summed E-state index contributed by atoms with van der Waals surface area (Å²) in [5, 5.41) is 8.88. The van der Waals surface area contributed by atoms with Crippen molar-refractivity contribution >= 4 is 22.0 Å². The summed E-state index contributed by atoms with van der Waals surface area (Å²) in [4.78, 5) is 21.8. The van der Waals surface area contributed by atoms with E-state index in [1.165, 1.54) is 0 Å². The highest BCUT2D eigenvalue weighted by atomic mass is 32.2. The number of carbonyl (C=O) groups excluding carboxylic acids is 1. The molecule has 0 bridgehead atoms. The monoisotopic (exact) mass is 279 g/mol. The summed E-state index contributed by atoms with van der Waals surface area (Å²) in [6, 6.07) is 0. The lowest BCUT2D eigenvalue weighted by Crippen LogP contribution is -2.36. The fraction of sp³-hybridized carbons (Fsp3) is 0.800. The lowest BCUT2D eigenvalue weighted by atomic mass is 10.1. The molecular formula is C10H17NO6S. The number of hydrogen-bond donors (Lipinski definition) is 2. The first-order valence-electron chi connectivity index (χ1n) is 5.68. The van der Waals surface area contributed by atoms with E-state index in [2.05, 4.69) is 9.46 Å². The van der Waals surface area contributed by atoms with E-state index in [1.807, 2.05) is 0 Å².